The summed E-state index contributed by atoms with van der Waals surface area (Å²) in [5.74, 6) is 0.630. The molecule has 11 heavy (non-hydrogen) atoms. The minimum absolute atomic E-state index is 0.342. The Balaban J connectivity index is 1.98. The number of hydrogen-bond donors (Lipinski definition) is 1. The Labute approximate surface area is 68.1 Å². The van der Waals surface area contributed by atoms with Crippen LogP contribution in [0.2, 0.25) is 0 Å². The van der Waals surface area contributed by atoms with Gasteiger partial charge in [0, 0.05) is 18.6 Å². The van der Waals surface area contributed by atoms with Gasteiger partial charge in [-0.15, -0.1) is 0 Å². The maximum Gasteiger partial charge on any atom is 0.0624 e. The first-order valence-electron chi connectivity index (χ1n) is 4.51. The van der Waals surface area contributed by atoms with Crippen LogP contribution in [0.5, 0.6) is 0 Å². The lowest BCUT2D eigenvalue weighted by Gasteiger charge is -2.09. The van der Waals surface area contributed by atoms with Crippen LogP contribution < -0.4 is 5.73 Å². The van der Waals surface area contributed by atoms with Crippen LogP contribution in [0.4, 0.5) is 0 Å². The summed E-state index contributed by atoms with van der Waals surface area (Å²) in [5, 5.41) is 0. The van der Waals surface area contributed by atoms with Crippen LogP contribution in [0.3, 0.4) is 0 Å². The molecule has 2 heteroatoms. The summed E-state index contributed by atoms with van der Waals surface area (Å²) in [6.45, 7) is 5.43. The average molecular weight is 155 g/mol. The lowest BCUT2D eigenvalue weighted by molar-refractivity contribution is 0.0836. The van der Waals surface area contributed by atoms with Crippen LogP contribution in [-0.2, 0) is 4.74 Å². The highest BCUT2D eigenvalue weighted by atomic mass is 16.5. The molecule has 1 heterocycles. The van der Waals surface area contributed by atoms with Crippen molar-refractivity contribution in [2.75, 3.05) is 6.61 Å². The number of hydrogen-bond acceptors (Lipinski definition) is 2. The van der Waals surface area contributed by atoms with E-state index in [4.69, 9.17) is 10.5 Å². The van der Waals surface area contributed by atoms with Gasteiger partial charge in [-0.1, -0.05) is 13.8 Å². The molecule has 1 saturated heterocycles. The molecule has 1 saturated carbocycles. The molecule has 0 amide bonds. The first-order valence-corrected chi connectivity index (χ1v) is 4.51. The van der Waals surface area contributed by atoms with E-state index in [0.717, 1.165) is 6.61 Å². The minimum atomic E-state index is 0.342. The third kappa shape index (κ3) is 1.00. The van der Waals surface area contributed by atoms with E-state index in [-0.39, 0.29) is 0 Å². The summed E-state index contributed by atoms with van der Waals surface area (Å²) in [7, 11) is 0. The Morgan fingerprint density at radius 2 is 2.09 bits per heavy atom. The van der Waals surface area contributed by atoms with Gasteiger partial charge in [0.25, 0.3) is 0 Å². The third-order valence-electron chi connectivity index (χ3n) is 3.36. The predicted molar refractivity (Wildman–Crippen MR) is 44.2 cm³/mol. The van der Waals surface area contributed by atoms with Crippen LogP contribution in [0, 0.1) is 11.3 Å². The highest BCUT2D eigenvalue weighted by Crippen LogP contribution is 2.54. The molecular weight excluding hydrogens is 138 g/mol. The highest BCUT2D eigenvalue weighted by molar-refractivity contribution is 5.12. The molecule has 0 spiro atoms. The Hall–Kier alpha value is -0.0800. The molecule has 2 aliphatic rings. The molecule has 2 fully saturated rings. The van der Waals surface area contributed by atoms with Gasteiger partial charge in [-0.25, -0.2) is 0 Å². The predicted octanol–water partition coefficient (Wildman–Crippen LogP) is 1.15. The average Bonchev–Trinajstić information content (AvgIpc) is 2.40. The van der Waals surface area contributed by atoms with Gasteiger partial charge in [-0.05, 0) is 18.3 Å². The van der Waals surface area contributed by atoms with Crippen molar-refractivity contribution in [2.24, 2.45) is 17.1 Å². The van der Waals surface area contributed by atoms with Gasteiger partial charge in [0.2, 0.25) is 0 Å². The largest absolute Gasteiger partial charge is 0.378 e. The van der Waals surface area contributed by atoms with Gasteiger partial charge in [0.05, 0.1) is 6.10 Å². The molecule has 2 rings (SSSR count). The van der Waals surface area contributed by atoms with Crippen molar-refractivity contribution in [3.05, 3.63) is 0 Å². The van der Waals surface area contributed by atoms with E-state index >= 15 is 0 Å². The summed E-state index contributed by atoms with van der Waals surface area (Å²) in [6, 6.07) is 0.380. The number of nitrogens with two attached hydrogens (primary N) is 1. The SMILES string of the molecule is CC1(C)C(N)C1C1CCCO1. The van der Waals surface area contributed by atoms with Crippen LogP contribution >= 0.6 is 0 Å². The molecule has 0 radical (unpaired) electrons. The van der Waals surface area contributed by atoms with Crippen molar-refractivity contribution in [3.63, 3.8) is 0 Å². The number of ether oxygens (including phenoxy) is 1. The van der Waals surface area contributed by atoms with Gasteiger partial charge in [0.15, 0.2) is 0 Å². The molecule has 1 aliphatic heterocycles. The van der Waals surface area contributed by atoms with Crippen molar-refractivity contribution in [1.29, 1.82) is 0 Å². The summed E-state index contributed by atoms with van der Waals surface area (Å²) >= 11 is 0. The molecule has 64 valence electrons. The Kier molecular flexibility index (Phi) is 1.52. The molecule has 0 aromatic heterocycles. The van der Waals surface area contributed by atoms with Gasteiger partial charge < -0.3 is 10.5 Å². The highest BCUT2D eigenvalue weighted by Gasteiger charge is 2.59. The molecule has 1 aliphatic carbocycles. The molecule has 3 unspecified atom stereocenters. The Bertz CT molecular complexity index is 161. The van der Waals surface area contributed by atoms with Crippen molar-refractivity contribution in [3.8, 4) is 0 Å². The second-order valence-corrected chi connectivity index (χ2v) is 4.42. The number of rotatable bonds is 1. The lowest BCUT2D eigenvalue weighted by Crippen LogP contribution is -2.14. The van der Waals surface area contributed by atoms with Gasteiger partial charge in [0.1, 0.15) is 0 Å². The molecule has 2 N–H and O–H groups in total. The maximum absolute atomic E-state index is 5.94. The van der Waals surface area contributed by atoms with Gasteiger partial charge in [-0.3, -0.25) is 0 Å². The van der Waals surface area contributed by atoms with E-state index in [1.165, 1.54) is 12.8 Å². The molecule has 0 aromatic rings. The summed E-state index contributed by atoms with van der Waals surface area (Å²) in [4.78, 5) is 0. The molecule has 2 nitrogen and oxygen atoms in total. The van der Waals surface area contributed by atoms with Crippen LogP contribution in [0.25, 0.3) is 0 Å². The second-order valence-electron chi connectivity index (χ2n) is 4.42. The zero-order valence-corrected chi connectivity index (χ0v) is 7.34. The van der Waals surface area contributed by atoms with Crippen LogP contribution in [-0.4, -0.2) is 18.8 Å². The van der Waals surface area contributed by atoms with Crippen LogP contribution in [0.15, 0.2) is 0 Å². The first-order chi connectivity index (χ1) is 5.14. The van der Waals surface area contributed by atoms with E-state index < -0.39 is 0 Å². The fourth-order valence-electron chi connectivity index (χ4n) is 2.31. The maximum atomic E-state index is 5.94. The molecular formula is C9H17NO. The van der Waals surface area contributed by atoms with E-state index in [0.29, 0.717) is 23.5 Å². The van der Waals surface area contributed by atoms with E-state index in [1.807, 2.05) is 0 Å². The zero-order valence-electron chi connectivity index (χ0n) is 7.34. The quantitative estimate of drug-likeness (QED) is 0.616. The van der Waals surface area contributed by atoms with Crippen molar-refractivity contribution in [1.82, 2.24) is 0 Å². The van der Waals surface area contributed by atoms with Crippen molar-refractivity contribution in [2.45, 2.75) is 38.8 Å². The third-order valence-corrected chi connectivity index (χ3v) is 3.36. The molecule has 0 bridgehead atoms. The van der Waals surface area contributed by atoms with Gasteiger partial charge in [-0.2, -0.15) is 0 Å². The summed E-state index contributed by atoms with van der Waals surface area (Å²) < 4.78 is 5.60. The van der Waals surface area contributed by atoms with E-state index in [1.54, 1.807) is 0 Å². The van der Waals surface area contributed by atoms with Gasteiger partial charge >= 0.3 is 0 Å². The smallest absolute Gasteiger partial charge is 0.0624 e. The minimum Gasteiger partial charge on any atom is -0.378 e. The summed E-state index contributed by atoms with van der Waals surface area (Å²) in [6.07, 6.45) is 2.92. The fourth-order valence-corrected chi connectivity index (χ4v) is 2.31. The zero-order chi connectivity index (χ0) is 8.06. The normalized spacial score (nSPS) is 47.7. The fraction of sp³-hybridized carbons (Fsp3) is 1.00. The van der Waals surface area contributed by atoms with Crippen molar-refractivity contribution >= 4 is 0 Å². The second kappa shape index (κ2) is 2.20. The Morgan fingerprint density at radius 3 is 2.45 bits per heavy atom. The molecule has 0 aromatic carbocycles. The van der Waals surface area contributed by atoms with E-state index in [9.17, 15) is 0 Å². The first kappa shape index (κ1) is 7.56. The van der Waals surface area contributed by atoms with Crippen molar-refractivity contribution < 1.29 is 4.74 Å². The lowest BCUT2D eigenvalue weighted by atomic mass is 10.0. The monoisotopic (exact) mass is 155 g/mol. The topological polar surface area (TPSA) is 35.2 Å². The standard InChI is InChI=1S/C9H17NO/c1-9(2)7(8(9)10)6-4-3-5-11-6/h6-8H,3-5,10H2,1-2H3. The Morgan fingerprint density at radius 1 is 1.45 bits per heavy atom. The molecule has 3 atom stereocenters. The van der Waals surface area contributed by atoms with Crippen LogP contribution in [0.1, 0.15) is 26.7 Å². The summed E-state index contributed by atoms with van der Waals surface area (Å²) in [5.41, 5.74) is 6.29. The van der Waals surface area contributed by atoms with E-state index in [2.05, 4.69) is 13.8 Å².